The fourth-order valence-corrected chi connectivity index (χ4v) is 2.92. The second kappa shape index (κ2) is 9.14. The largest absolute Gasteiger partial charge is 0.450 e. The van der Waals surface area contributed by atoms with Crippen molar-refractivity contribution >= 4 is 17.8 Å². The van der Waals surface area contributed by atoms with E-state index in [1.807, 2.05) is 30.3 Å². The molecule has 1 saturated heterocycles. The van der Waals surface area contributed by atoms with Gasteiger partial charge in [-0.3, -0.25) is 14.9 Å². The number of benzene rings is 1. The van der Waals surface area contributed by atoms with Gasteiger partial charge in [0, 0.05) is 19.7 Å². The first-order valence-corrected chi connectivity index (χ1v) is 8.87. The third-order valence-electron chi connectivity index (χ3n) is 4.32. The molecule has 28 heavy (non-hydrogen) atoms. The highest BCUT2D eigenvalue weighted by Gasteiger charge is 2.25. The van der Waals surface area contributed by atoms with Crippen LogP contribution in [0.25, 0.3) is 0 Å². The number of nitro groups is 1. The van der Waals surface area contributed by atoms with Gasteiger partial charge in [-0.15, -0.1) is 0 Å². The van der Waals surface area contributed by atoms with Crippen molar-refractivity contribution in [2.24, 2.45) is 0 Å². The Hall–Kier alpha value is -3.20. The Morgan fingerprint density at radius 1 is 1.21 bits per heavy atom. The molecule has 1 fully saturated rings. The van der Waals surface area contributed by atoms with Crippen molar-refractivity contribution in [2.75, 3.05) is 19.8 Å². The number of carbonyl (C=O) groups is 2. The van der Waals surface area contributed by atoms with E-state index < -0.39 is 23.4 Å². The molecule has 1 aromatic carbocycles. The Morgan fingerprint density at radius 3 is 2.64 bits per heavy atom. The summed E-state index contributed by atoms with van der Waals surface area (Å²) in [5.74, 6) is -2.21. The van der Waals surface area contributed by atoms with Gasteiger partial charge in [-0.1, -0.05) is 30.3 Å². The molecule has 2 aromatic rings. The number of carbonyl (C=O) groups excluding carboxylic acids is 2. The van der Waals surface area contributed by atoms with E-state index in [1.165, 1.54) is 0 Å². The fraction of sp³-hybridized carbons (Fsp3) is 0.368. The molecule has 0 spiro atoms. The molecule has 2 heterocycles. The summed E-state index contributed by atoms with van der Waals surface area (Å²) in [7, 11) is 0. The average molecular weight is 388 g/mol. The van der Waals surface area contributed by atoms with Gasteiger partial charge in [-0.25, -0.2) is 4.79 Å². The standard InChI is InChI=1S/C19H20N2O7/c22-17(13-27-19(23)16-8-9-18(28-16)21(24)25)20(12-15-7-4-10-26-15)11-14-5-2-1-3-6-14/h1-3,5-6,8-9,15H,4,7,10-13H2. The van der Waals surface area contributed by atoms with Crippen molar-refractivity contribution in [3.05, 3.63) is 63.9 Å². The van der Waals surface area contributed by atoms with Crippen LogP contribution in [0.5, 0.6) is 0 Å². The average Bonchev–Trinajstić information content (AvgIpc) is 3.38. The van der Waals surface area contributed by atoms with E-state index in [0.29, 0.717) is 19.7 Å². The third kappa shape index (κ3) is 5.17. The Morgan fingerprint density at radius 2 is 2.00 bits per heavy atom. The molecule has 148 valence electrons. The number of nitrogens with zero attached hydrogens (tertiary/aromatic N) is 2. The van der Waals surface area contributed by atoms with Gasteiger partial charge in [0.15, 0.2) is 6.61 Å². The molecule has 0 aliphatic carbocycles. The summed E-state index contributed by atoms with van der Waals surface area (Å²) in [4.78, 5) is 36.1. The number of hydrogen-bond acceptors (Lipinski definition) is 7. The number of hydrogen-bond donors (Lipinski definition) is 0. The number of rotatable bonds is 8. The van der Waals surface area contributed by atoms with Crippen molar-refractivity contribution < 1.29 is 28.4 Å². The summed E-state index contributed by atoms with van der Waals surface area (Å²) in [5.41, 5.74) is 0.946. The monoisotopic (exact) mass is 388 g/mol. The zero-order chi connectivity index (χ0) is 19.9. The summed E-state index contributed by atoms with van der Waals surface area (Å²) in [6.45, 7) is 0.942. The topological polar surface area (TPSA) is 112 Å². The molecule has 1 unspecified atom stereocenters. The van der Waals surface area contributed by atoms with Crippen LogP contribution in [0.1, 0.15) is 29.0 Å². The van der Waals surface area contributed by atoms with Crippen molar-refractivity contribution in [1.82, 2.24) is 4.90 Å². The zero-order valence-corrected chi connectivity index (χ0v) is 15.1. The summed E-state index contributed by atoms with van der Waals surface area (Å²) < 4.78 is 15.4. The van der Waals surface area contributed by atoms with Crippen LogP contribution in [0.3, 0.4) is 0 Å². The zero-order valence-electron chi connectivity index (χ0n) is 15.1. The minimum Gasteiger partial charge on any atom is -0.450 e. The van der Waals surface area contributed by atoms with Gasteiger partial charge in [-0.05, 0) is 24.5 Å². The Bertz CT molecular complexity index is 828. The van der Waals surface area contributed by atoms with Crippen LogP contribution in [0.2, 0.25) is 0 Å². The van der Waals surface area contributed by atoms with Crippen LogP contribution in [-0.4, -0.2) is 47.6 Å². The highest BCUT2D eigenvalue weighted by Crippen LogP contribution is 2.17. The molecule has 3 rings (SSSR count). The molecule has 9 nitrogen and oxygen atoms in total. The van der Waals surface area contributed by atoms with E-state index >= 15 is 0 Å². The van der Waals surface area contributed by atoms with E-state index in [4.69, 9.17) is 13.9 Å². The SMILES string of the molecule is O=C(OCC(=O)N(Cc1ccccc1)CC1CCCO1)c1ccc([N+](=O)[O-])o1. The van der Waals surface area contributed by atoms with Crippen LogP contribution in [0, 0.1) is 10.1 Å². The highest BCUT2D eigenvalue weighted by molar-refractivity contribution is 5.89. The van der Waals surface area contributed by atoms with Crippen LogP contribution in [0.15, 0.2) is 46.9 Å². The quantitative estimate of drug-likeness (QED) is 0.388. The van der Waals surface area contributed by atoms with E-state index in [9.17, 15) is 19.7 Å². The first kappa shape index (κ1) is 19.6. The molecule has 1 aliphatic heterocycles. The van der Waals surface area contributed by atoms with Gasteiger partial charge in [-0.2, -0.15) is 0 Å². The lowest BCUT2D eigenvalue weighted by Gasteiger charge is -2.25. The van der Waals surface area contributed by atoms with Gasteiger partial charge >= 0.3 is 11.9 Å². The van der Waals surface area contributed by atoms with E-state index in [1.54, 1.807) is 4.90 Å². The maximum atomic E-state index is 12.6. The molecule has 0 saturated carbocycles. The molecule has 0 radical (unpaired) electrons. The molecule has 1 aliphatic rings. The van der Waals surface area contributed by atoms with Gasteiger partial charge in [0.2, 0.25) is 5.76 Å². The lowest BCUT2D eigenvalue weighted by Crippen LogP contribution is -2.39. The lowest BCUT2D eigenvalue weighted by molar-refractivity contribution is -0.402. The molecule has 0 bridgehead atoms. The first-order chi connectivity index (χ1) is 13.5. The maximum Gasteiger partial charge on any atom is 0.433 e. The molecule has 9 heteroatoms. The summed E-state index contributed by atoms with van der Waals surface area (Å²) in [6.07, 6.45) is 1.77. The molecular formula is C19H20N2O7. The van der Waals surface area contributed by atoms with Gasteiger partial charge < -0.3 is 18.8 Å². The first-order valence-electron chi connectivity index (χ1n) is 8.87. The third-order valence-corrected chi connectivity index (χ3v) is 4.32. The highest BCUT2D eigenvalue weighted by atomic mass is 16.7. The van der Waals surface area contributed by atoms with Gasteiger partial charge in [0.25, 0.3) is 5.91 Å². The molecular weight excluding hydrogens is 368 g/mol. The van der Waals surface area contributed by atoms with E-state index in [2.05, 4.69) is 0 Å². The summed E-state index contributed by atoms with van der Waals surface area (Å²) in [5, 5.41) is 10.6. The van der Waals surface area contributed by atoms with Crippen LogP contribution in [0.4, 0.5) is 5.88 Å². The number of ether oxygens (including phenoxy) is 2. The van der Waals surface area contributed by atoms with Crippen molar-refractivity contribution in [3.8, 4) is 0 Å². The predicted molar refractivity (Wildman–Crippen MR) is 96.5 cm³/mol. The second-order valence-corrected chi connectivity index (χ2v) is 6.37. The minimum atomic E-state index is -0.932. The summed E-state index contributed by atoms with van der Waals surface area (Å²) >= 11 is 0. The van der Waals surface area contributed by atoms with Crippen LogP contribution < -0.4 is 0 Å². The van der Waals surface area contributed by atoms with E-state index in [-0.39, 0.29) is 17.8 Å². The lowest BCUT2D eigenvalue weighted by atomic mass is 10.2. The number of furan rings is 1. The van der Waals surface area contributed by atoms with Crippen molar-refractivity contribution in [1.29, 1.82) is 0 Å². The van der Waals surface area contributed by atoms with Crippen LogP contribution >= 0.6 is 0 Å². The summed E-state index contributed by atoms with van der Waals surface area (Å²) in [6, 6.07) is 11.7. The number of amides is 1. The smallest absolute Gasteiger partial charge is 0.433 e. The molecule has 1 amide bonds. The van der Waals surface area contributed by atoms with E-state index in [0.717, 1.165) is 30.5 Å². The van der Waals surface area contributed by atoms with Crippen LogP contribution in [-0.2, 0) is 20.8 Å². The number of esters is 1. The Balaban J connectivity index is 1.60. The molecule has 1 atom stereocenters. The predicted octanol–water partition coefficient (Wildman–Crippen LogP) is 2.55. The normalized spacial score (nSPS) is 15.9. The Labute approximate surface area is 161 Å². The maximum absolute atomic E-state index is 12.6. The van der Waals surface area contributed by atoms with Crippen molar-refractivity contribution in [2.45, 2.75) is 25.5 Å². The van der Waals surface area contributed by atoms with Crippen molar-refractivity contribution in [3.63, 3.8) is 0 Å². The van der Waals surface area contributed by atoms with Gasteiger partial charge in [0.05, 0.1) is 12.2 Å². The molecule has 0 N–H and O–H groups in total. The second-order valence-electron chi connectivity index (χ2n) is 6.37. The fourth-order valence-electron chi connectivity index (χ4n) is 2.92. The Kier molecular flexibility index (Phi) is 6.38. The van der Waals surface area contributed by atoms with Gasteiger partial charge in [0.1, 0.15) is 4.92 Å². The molecule has 1 aromatic heterocycles. The minimum absolute atomic E-state index is 0.0453.